The van der Waals surface area contributed by atoms with E-state index in [-0.39, 0.29) is 30.7 Å². The second kappa shape index (κ2) is 10.7. The molecule has 2 aromatic carbocycles. The lowest BCUT2D eigenvalue weighted by molar-refractivity contribution is -0.133. The molecule has 0 unspecified atom stereocenters. The molecule has 0 radical (unpaired) electrons. The third-order valence-corrected chi connectivity index (χ3v) is 4.56. The summed E-state index contributed by atoms with van der Waals surface area (Å²) in [6.45, 7) is 4.93. The summed E-state index contributed by atoms with van der Waals surface area (Å²) in [4.78, 5) is 25.7. The van der Waals surface area contributed by atoms with Gasteiger partial charge in [0.2, 0.25) is 5.91 Å². The maximum Gasteiger partial charge on any atom is 0.260 e. The molecule has 0 saturated carbocycles. The summed E-state index contributed by atoms with van der Waals surface area (Å²) in [6, 6.07) is 11.2. The summed E-state index contributed by atoms with van der Waals surface area (Å²) in [5.41, 5.74) is 1.00. The first-order valence-corrected chi connectivity index (χ1v) is 9.55. The normalized spacial score (nSPS) is 10.4. The molecule has 0 atom stereocenters. The van der Waals surface area contributed by atoms with Gasteiger partial charge in [-0.3, -0.25) is 9.59 Å². The zero-order valence-electron chi connectivity index (χ0n) is 16.0. The van der Waals surface area contributed by atoms with Crippen molar-refractivity contribution in [2.45, 2.75) is 26.7 Å². The van der Waals surface area contributed by atoms with Crippen LogP contribution >= 0.6 is 11.6 Å². The van der Waals surface area contributed by atoms with E-state index in [1.54, 1.807) is 41.3 Å². The zero-order chi connectivity index (χ0) is 20.5. The first-order valence-electron chi connectivity index (χ1n) is 9.18. The number of nitrogens with one attached hydrogen (secondary N) is 1. The van der Waals surface area contributed by atoms with E-state index in [0.717, 1.165) is 0 Å². The van der Waals surface area contributed by atoms with Crippen molar-refractivity contribution in [2.24, 2.45) is 0 Å². The van der Waals surface area contributed by atoms with Crippen LogP contribution in [0.3, 0.4) is 0 Å². The minimum absolute atomic E-state index is 0.101. The Balaban J connectivity index is 1.88. The highest BCUT2D eigenvalue weighted by molar-refractivity contribution is 6.32. The molecule has 150 valence electrons. The second-order valence-corrected chi connectivity index (χ2v) is 6.55. The topological polar surface area (TPSA) is 58.6 Å². The molecule has 2 aromatic rings. The Bertz CT molecular complexity index is 825. The van der Waals surface area contributed by atoms with Crippen LogP contribution in [0.5, 0.6) is 5.75 Å². The smallest absolute Gasteiger partial charge is 0.260 e. The number of carbonyl (C=O) groups is 2. The van der Waals surface area contributed by atoms with Crippen molar-refractivity contribution in [3.63, 3.8) is 0 Å². The van der Waals surface area contributed by atoms with Crippen molar-refractivity contribution >= 4 is 29.1 Å². The van der Waals surface area contributed by atoms with E-state index in [0.29, 0.717) is 41.5 Å². The number of amides is 2. The third kappa shape index (κ3) is 6.23. The van der Waals surface area contributed by atoms with Crippen LogP contribution in [0, 0.1) is 5.82 Å². The number of aryl methyl sites for hydroxylation is 1. The lowest BCUT2D eigenvalue weighted by atomic mass is 10.1. The van der Waals surface area contributed by atoms with Gasteiger partial charge < -0.3 is 15.0 Å². The SMILES string of the molecule is CCN(CC)C(=O)COc1ccc(NC(=O)CCc2ccccc2F)cc1Cl. The highest BCUT2D eigenvalue weighted by atomic mass is 35.5. The molecule has 0 bridgehead atoms. The number of halogens is 2. The predicted octanol–water partition coefficient (Wildman–Crippen LogP) is 4.30. The highest BCUT2D eigenvalue weighted by Gasteiger charge is 2.12. The number of ether oxygens (including phenoxy) is 1. The lowest BCUT2D eigenvalue weighted by Gasteiger charge is -2.19. The number of likely N-dealkylation sites (N-methyl/N-ethyl adjacent to an activating group) is 1. The molecule has 28 heavy (non-hydrogen) atoms. The van der Waals surface area contributed by atoms with Gasteiger partial charge in [0.05, 0.1) is 5.02 Å². The average Bonchev–Trinajstić information content (AvgIpc) is 2.67. The van der Waals surface area contributed by atoms with E-state index < -0.39 is 0 Å². The second-order valence-electron chi connectivity index (χ2n) is 6.14. The molecular formula is C21H24ClFN2O3. The van der Waals surface area contributed by atoms with E-state index in [1.165, 1.54) is 6.07 Å². The van der Waals surface area contributed by atoms with Crippen LogP contribution < -0.4 is 10.1 Å². The van der Waals surface area contributed by atoms with Crippen molar-refractivity contribution < 1.29 is 18.7 Å². The Kier molecular flexibility index (Phi) is 8.26. The molecule has 0 fully saturated rings. The van der Waals surface area contributed by atoms with Crippen molar-refractivity contribution in [1.82, 2.24) is 4.90 Å². The van der Waals surface area contributed by atoms with Gasteiger partial charge in [0.15, 0.2) is 6.61 Å². The summed E-state index contributed by atoms with van der Waals surface area (Å²) in [5.74, 6) is -0.318. The molecule has 2 amide bonds. The molecule has 5 nitrogen and oxygen atoms in total. The van der Waals surface area contributed by atoms with Crippen molar-refractivity contribution in [1.29, 1.82) is 0 Å². The van der Waals surface area contributed by atoms with Crippen LogP contribution in [-0.2, 0) is 16.0 Å². The van der Waals surface area contributed by atoms with Gasteiger partial charge in [0.1, 0.15) is 11.6 Å². The van der Waals surface area contributed by atoms with E-state index in [2.05, 4.69) is 5.32 Å². The van der Waals surface area contributed by atoms with Gasteiger partial charge >= 0.3 is 0 Å². The zero-order valence-corrected chi connectivity index (χ0v) is 16.8. The van der Waals surface area contributed by atoms with E-state index in [1.807, 2.05) is 13.8 Å². The Labute approximate surface area is 169 Å². The highest BCUT2D eigenvalue weighted by Crippen LogP contribution is 2.28. The fourth-order valence-corrected chi connectivity index (χ4v) is 2.91. The van der Waals surface area contributed by atoms with Gasteiger partial charge in [0, 0.05) is 25.2 Å². The number of nitrogens with zero attached hydrogens (tertiary/aromatic N) is 1. The average molecular weight is 407 g/mol. The Morgan fingerprint density at radius 1 is 1.14 bits per heavy atom. The first kappa shape index (κ1) is 21.7. The molecule has 0 aromatic heterocycles. The largest absolute Gasteiger partial charge is 0.482 e. The van der Waals surface area contributed by atoms with Gasteiger partial charge in [-0.2, -0.15) is 0 Å². The van der Waals surface area contributed by atoms with Crippen LogP contribution in [0.2, 0.25) is 5.02 Å². The molecule has 7 heteroatoms. The number of hydrogen-bond donors (Lipinski definition) is 1. The molecule has 0 saturated heterocycles. The number of anilines is 1. The number of rotatable bonds is 9. The van der Waals surface area contributed by atoms with Crippen LogP contribution in [0.4, 0.5) is 10.1 Å². The first-order chi connectivity index (χ1) is 13.4. The van der Waals surface area contributed by atoms with E-state index in [9.17, 15) is 14.0 Å². The van der Waals surface area contributed by atoms with Gasteiger partial charge in [0.25, 0.3) is 5.91 Å². The summed E-state index contributed by atoms with van der Waals surface area (Å²) in [5, 5.41) is 3.02. The van der Waals surface area contributed by atoms with Gasteiger partial charge in [-0.1, -0.05) is 29.8 Å². The molecule has 0 aliphatic heterocycles. The van der Waals surface area contributed by atoms with Crippen molar-refractivity contribution in [3.05, 3.63) is 58.9 Å². The molecule has 1 N–H and O–H groups in total. The molecule has 0 aliphatic carbocycles. The van der Waals surface area contributed by atoms with Gasteiger partial charge in [-0.05, 0) is 50.1 Å². The fraction of sp³-hybridized carbons (Fsp3) is 0.333. The summed E-state index contributed by atoms with van der Waals surface area (Å²) < 4.78 is 19.1. The summed E-state index contributed by atoms with van der Waals surface area (Å²) in [7, 11) is 0. The van der Waals surface area contributed by atoms with Gasteiger partial charge in [-0.15, -0.1) is 0 Å². The molecule has 0 spiro atoms. The standard InChI is InChI=1S/C21H24ClFN2O3/c1-3-25(4-2)21(27)14-28-19-11-10-16(13-17(19)22)24-20(26)12-9-15-7-5-6-8-18(15)23/h5-8,10-11,13H,3-4,9,12,14H2,1-2H3,(H,24,26). The Hall–Kier alpha value is -2.60. The lowest BCUT2D eigenvalue weighted by Crippen LogP contribution is -2.34. The number of hydrogen-bond acceptors (Lipinski definition) is 3. The quantitative estimate of drug-likeness (QED) is 0.675. The van der Waals surface area contributed by atoms with Crippen LogP contribution in [0.1, 0.15) is 25.8 Å². The maximum atomic E-state index is 13.6. The number of carbonyl (C=O) groups excluding carboxylic acids is 2. The minimum Gasteiger partial charge on any atom is -0.482 e. The molecule has 0 aliphatic rings. The van der Waals surface area contributed by atoms with Crippen molar-refractivity contribution in [3.8, 4) is 5.75 Å². The monoisotopic (exact) mass is 406 g/mol. The Morgan fingerprint density at radius 2 is 1.86 bits per heavy atom. The molecule has 2 rings (SSSR count). The molecular weight excluding hydrogens is 383 g/mol. The predicted molar refractivity (Wildman–Crippen MR) is 108 cm³/mol. The van der Waals surface area contributed by atoms with E-state index >= 15 is 0 Å². The van der Waals surface area contributed by atoms with Gasteiger partial charge in [-0.25, -0.2) is 4.39 Å². The summed E-state index contributed by atoms with van der Waals surface area (Å²) >= 11 is 6.19. The fourth-order valence-electron chi connectivity index (χ4n) is 2.68. The molecule has 0 heterocycles. The Morgan fingerprint density at radius 3 is 2.50 bits per heavy atom. The van der Waals surface area contributed by atoms with Crippen LogP contribution in [0.15, 0.2) is 42.5 Å². The minimum atomic E-state index is -0.320. The van der Waals surface area contributed by atoms with Crippen molar-refractivity contribution in [2.75, 3.05) is 25.0 Å². The third-order valence-electron chi connectivity index (χ3n) is 4.26. The number of benzene rings is 2. The van der Waals surface area contributed by atoms with Crippen LogP contribution in [-0.4, -0.2) is 36.4 Å². The van der Waals surface area contributed by atoms with Crippen LogP contribution in [0.25, 0.3) is 0 Å². The maximum absolute atomic E-state index is 13.6. The summed E-state index contributed by atoms with van der Waals surface area (Å²) in [6.07, 6.45) is 0.454. The van der Waals surface area contributed by atoms with E-state index in [4.69, 9.17) is 16.3 Å².